The predicted molar refractivity (Wildman–Crippen MR) is 258 cm³/mol. The molecule has 3 aliphatic rings. The molecule has 3 aromatic heterocycles. The van der Waals surface area contributed by atoms with Gasteiger partial charge in [-0.2, -0.15) is 0 Å². The number of aromatic nitrogens is 3. The van der Waals surface area contributed by atoms with Crippen LogP contribution < -0.4 is 3.61 Å². The van der Waals surface area contributed by atoms with Crippen molar-refractivity contribution in [2.24, 2.45) is 5.92 Å². The van der Waals surface area contributed by atoms with E-state index in [4.69, 9.17) is 0 Å². The van der Waals surface area contributed by atoms with Crippen molar-refractivity contribution < 1.29 is 4.79 Å². The van der Waals surface area contributed by atoms with Crippen molar-refractivity contribution in [1.82, 2.24) is 13.7 Å². The van der Waals surface area contributed by atoms with Gasteiger partial charge in [-0.25, -0.2) is 0 Å². The van der Waals surface area contributed by atoms with Gasteiger partial charge in [0.25, 0.3) is 0 Å². The first-order chi connectivity index (χ1) is 30.7. The average molecular weight is 907 g/mol. The van der Waals surface area contributed by atoms with Gasteiger partial charge in [-0.05, 0) is 0 Å². The summed E-state index contributed by atoms with van der Waals surface area (Å²) in [7, 11) is 0. The second-order valence-electron chi connectivity index (χ2n) is 17.0. The molecule has 4 nitrogen and oxygen atoms in total. The van der Waals surface area contributed by atoms with Crippen LogP contribution in [0.3, 0.4) is 0 Å². The molecule has 4 heterocycles. The summed E-state index contributed by atoms with van der Waals surface area (Å²) >= 11 is -0.821. The zero-order valence-electron chi connectivity index (χ0n) is 33.5. The molecule has 0 spiro atoms. The van der Waals surface area contributed by atoms with Gasteiger partial charge in [-0.15, -0.1) is 0 Å². The number of carbonyl (C=O) groups excluding carboxylic acids is 1. The van der Waals surface area contributed by atoms with E-state index in [1.807, 2.05) is 0 Å². The number of allylic oxidation sites excluding steroid dienone is 4. The van der Waals surface area contributed by atoms with E-state index < -0.39 is 20.5 Å². The number of benzene rings is 8. The van der Waals surface area contributed by atoms with Crippen molar-refractivity contribution in [1.29, 1.82) is 0 Å². The molecule has 8 aromatic carbocycles. The minimum atomic E-state index is -0.821. The molecule has 0 amide bonds. The molecule has 291 valence electrons. The quantitative estimate of drug-likeness (QED) is 0.163. The Kier molecular flexibility index (Phi) is 7.26. The number of hydrogen-bond acceptors (Lipinski definition) is 1. The third-order valence-electron chi connectivity index (χ3n) is 13.7. The first kappa shape index (κ1) is 34.7. The Morgan fingerprint density at radius 3 is 1.44 bits per heavy atom. The van der Waals surface area contributed by atoms with Crippen LogP contribution in [0.2, 0.25) is 0 Å². The molecule has 1 unspecified atom stereocenters. The molecule has 2 aliphatic carbocycles. The topological polar surface area (TPSA) is 31.9 Å². The Labute approximate surface area is 366 Å². The van der Waals surface area contributed by atoms with Crippen LogP contribution in [0, 0.1) is 5.92 Å². The molecule has 1 radical (unpaired) electrons. The molecule has 1 aliphatic heterocycles. The van der Waals surface area contributed by atoms with Gasteiger partial charge in [0, 0.05) is 0 Å². The van der Waals surface area contributed by atoms with Gasteiger partial charge in [-0.3, -0.25) is 0 Å². The number of para-hydroxylation sites is 6. The molecule has 1 atom stereocenters. The number of carbonyl (C=O) groups is 1. The first-order valence-electron chi connectivity index (χ1n) is 21.4. The predicted octanol–water partition coefficient (Wildman–Crippen LogP) is 12.0. The van der Waals surface area contributed by atoms with Gasteiger partial charge < -0.3 is 0 Å². The molecule has 0 fully saturated rings. The molecule has 62 heavy (non-hydrogen) atoms. The van der Waals surface area contributed by atoms with E-state index in [2.05, 4.69) is 202 Å². The summed E-state index contributed by atoms with van der Waals surface area (Å²) in [5.41, 5.74) is 16.9. The van der Waals surface area contributed by atoms with Crippen molar-refractivity contribution in [3.63, 3.8) is 0 Å². The van der Waals surface area contributed by atoms with Gasteiger partial charge >= 0.3 is 369 Å². The van der Waals surface area contributed by atoms with Crippen molar-refractivity contribution in [2.75, 3.05) is 0 Å². The average Bonchev–Trinajstić information content (AvgIpc) is 3.96. The van der Waals surface area contributed by atoms with E-state index in [1.54, 1.807) is 0 Å². The Morgan fingerprint density at radius 1 is 0.452 bits per heavy atom. The SMILES string of the molecule is O=C1c2ccc(-n3c4ccccc4c4ccccc43)cc2[Te]=C2C=C3Cc4cc(-n5c6ccccc6c6ccccc65)cc(-n5c6ccccc6c6ccccc65)c4CC3=CC12. The number of hydrogen-bond donors (Lipinski definition) is 0. The maximum absolute atomic E-state index is 14.6. The summed E-state index contributed by atoms with van der Waals surface area (Å²) in [6.45, 7) is 0. The van der Waals surface area contributed by atoms with Crippen molar-refractivity contribution in [2.45, 2.75) is 12.8 Å². The number of fused-ring (bicyclic) bond motifs is 13. The Bertz CT molecular complexity index is 3740. The van der Waals surface area contributed by atoms with Crippen LogP contribution in [0.5, 0.6) is 0 Å². The molecule has 5 heteroatoms. The van der Waals surface area contributed by atoms with E-state index in [0.29, 0.717) is 0 Å². The van der Waals surface area contributed by atoms with E-state index >= 15 is 0 Å². The molecule has 0 saturated heterocycles. The molecule has 14 rings (SSSR count). The van der Waals surface area contributed by atoms with E-state index in [9.17, 15) is 4.79 Å². The van der Waals surface area contributed by atoms with Crippen LogP contribution in [-0.2, 0) is 12.8 Å². The number of Topliss-reactive ketones (excluding diaryl/α,β-unsaturated/α-hetero) is 1. The first-order valence-corrected chi connectivity index (χ1v) is 23.8. The van der Waals surface area contributed by atoms with Gasteiger partial charge in [0.05, 0.1) is 0 Å². The minimum absolute atomic E-state index is 0.196. The van der Waals surface area contributed by atoms with Crippen molar-refractivity contribution in [3.05, 3.63) is 216 Å². The summed E-state index contributed by atoms with van der Waals surface area (Å²) in [4.78, 5) is 14.6. The summed E-state index contributed by atoms with van der Waals surface area (Å²) in [6, 6.07) is 64.0. The molecular formula is C57H36N3OTe. The normalized spacial score (nSPS) is 15.8. The van der Waals surface area contributed by atoms with Crippen LogP contribution >= 0.6 is 0 Å². The summed E-state index contributed by atoms with van der Waals surface area (Å²) < 4.78 is 9.90. The van der Waals surface area contributed by atoms with E-state index in [1.165, 1.54) is 106 Å². The standard InChI is InChI=1S/C57H36N3OTe/c61-57-45-26-25-37(58-48-19-7-1-13-39(48)40-14-2-8-20-49(40)58)33-56(45)62-55-31-34-27-36-28-38(59-50-21-9-3-15-41(50)42-16-4-10-22-51(42)59)32-54(46(36)29-35(34)30-47(55)57)60-52-23-11-5-17-43(52)44-18-6-12-24-53(44)60/h1-26,28,30-33,47H,27,29H2. The summed E-state index contributed by atoms with van der Waals surface area (Å²) in [5.74, 6) is 0.0379. The zero-order chi connectivity index (χ0) is 40.6. The molecule has 0 saturated carbocycles. The van der Waals surface area contributed by atoms with Crippen molar-refractivity contribution >= 4 is 98.8 Å². The van der Waals surface area contributed by atoms with Crippen LogP contribution in [0.1, 0.15) is 21.5 Å². The monoisotopic (exact) mass is 908 g/mol. The Balaban J connectivity index is 0.958. The van der Waals surface area contributed by atoms with Crippen LogP contribution in [0.4, 0.5) is 0 Å². The summed E-state index contributed by atoms with van der Waals surface area (Å²) in [5, 5.41) is 7.52. The van der Waals surface area contributed by atoms with Gasteiger partial charge in [0.1, 0.15) is 0 Å². The fraction of sp³-hybridized carbons (Fsp3) is 0.0526. The second-order valence-corrected chi connectivity index (χ2v) is 20.1. The zero-order valence-corrected chi connectivity index (χ0v) is 35.9. The van der Waals surface area contributed by atoms with Gasteiger partial charge in [0.2, 0.25) is 0 Å². The molecule has 0 N–H and O–H groups in total. The molecular weight excluding hydrogens is 870 g/mol. The van der Waals surface area contributed by atoms with Gasteiger partial charge in [0.15, 0.2) is 0 Å². The molecule has 0 bridgehead atoms. The van der Waals surface area contributed by atoms with Crippen LogP contribution in [-0.4, -0.2) is 43.5 Å². The fourth-order valence-electron chi connectivity index (χ4n) is 11.0. The number of nitrogens with zero attached hydrogens (tertiary/aromatic N) is 3. The van der Waals surface area contributed by atoms with Crippen LogP contribution in [0.25, 0.3) is 82.5 Å². The van der Waals surface area contributed by atoms with Crippen LogP contribution in [0.15, 0.2) is 199 Å². The number of rotatable bonds is 3. The Hall–Kier alpha value is -7.03. The van der Waals surface area contributed by atoms with E-state index in [-0.39, 0.29) is 11.7 Å². The maximum atomic E-state index is 14.6. The number of ketones is 1. The second kappa shape index (κ2) is 13.0. The third kappa shape index (κ3) is 4.84. The van der Waals surface area contributed by atoms with Crippen molar-refractivity contribution in [3.8, 4) is 17.1 Å². The van der Waals surface area contributed by atoms with Gasteiger partial charge in [-0.1, -0.05) is 0 Å². The molecule has 11 aromatic rings. The third-order valence-corrected chi connectivity index (χ3v) is 17.0. The fourth-order valence-corrected chi connectivity index (χ4v) is 14.4. The summed E-state index contributed by atoms with van der Waals surface area (Å²) in [6.07, 6.45) is 6.40. The Morgan fingerprint density at radius 2 is 0.919 bits per heavy atom. The van der Waals surface area contributed by atoms with E-state index in [0.717, 1.165) is 24.1 Å².